The molecule has 0 aliphatic rings. The molecule has 0 atom stereocenters. The molecule has 0 bridgehead atoms. The van der Waals surface area contributed by atoms with Gasteiger partial charge in [-0.3, -0.25) is 0 Å². The zero-order valence-corrected chi connectivity index (χ0v) is 32.1. The summed E-state index contributed by atoms with van der Waals surface area (Å²) in [5.74, 6) is 1.85. The second-order valence-corrected chi connectivity index (χ2v) is 14.8. The second kappa shape index (κ2) is 13.8. The molecule has 3 aromatic heterocycles. The van der Waals surface area contributed by atoms with Gasteiger partial charge in [-0.2, -0.15) is 5.26 Å². The first-order valence-electron chi connectivity index (χ1n) is 19.7. The zero-order valence-electron chi connectivity index (χ0n) is 32.1. The number of hydrogen-bond donors (Lipinski definition) is 0. The highest BCUT2D eigenvalue weighted by Gasteiger charge is 2.19. The van der Waals surface area contributed by atoms with Gasteiger partial charge in [0.25, 0.3) is 0 Å². The van der Waals surface area contributed by atoms with Gasteiger partial charge in [-0.25, -0.2) is 15.0 Å². The van der Waals surface area contributed by atoms with E-state index in [1.807, 2.05) is 66.7 Å². The van der Waals surface area contributed by atoms with E-state index in [9.17, 15) is 5.26 Å². The molecule has 11 aromatic rings. The van der Waals surface area contributed by atoms with Crippen LogP contribution >= 0.6 is 0 Å². The van der Waals surface area contributed by atoms with Crippen molar-refractivity contribution >= 4 is 43.6 Å². The molecule has 59 heavy (non-hydrogen) atoms. The summed E-state index contributed by atoms with van der Waals surface area (Å²) in [6.07, 6.45) is 0. The predicted molar refractivity (Wildman–Crippen MR) is 240 cm³/mol. The standard InChI is InChI=1S/C53H34N6/c1-34-14-8-11-21-45(34)58-49-28-25-38(37-24-27-46(40(30-37)33-54)59-47-22-12-9-19-41(47)42-20-10-13-23-48(42)59)31-43(49)44-32-39(26-29-50(44)58)53-56-51(35-15-4-2-5-16-35)55-52(57-53)36-17-6-3-7-18-36/h2-32H,1H3. The summed E-state index contributed by atoms with van der Waals surface area (Å²) in [5, 5.41) is 15.1. The molecule has 0 saturated carbocycles. The minimum atomic E-state index is 0.604. The third-order valence-corrected chi connectivity index (χ3v) is 11.4. The molecule has 11 rings (SSSR count). The SMILES string of the molecule is Cc1ccccc1-n1c2ccc(-c3ccc(-n4c5ccccc5c5ccccc54)c(C#N)c3)cc2c2cc(-c3nc(-c4ccccc4)nc(-c4ccccc4)n3)ccc21. The van der Waals surface area contributed by atoms with Crippen LogP contribution < -0.4 is 0 Å². The van der Waals surface area contributed by atoms with Gasteiger partial charge in [-0.1, -0.05) is 127 Å². The van der Waals surface area contributed by atoms with Crippen LogP contribution in [-0.2, 0) is 0 Å². The Labute approximate surface area is 340 Å². The van der Waals surface area contributed by atoms with Crippen LogP contribution in [-0.4, -0.2) is 24.1 Å². The van der Waals surface area contributed by atoms with E-state index in [-0.39, 0.29) is 0 Å². The maximum atomic E-state index is 10.6. The summed E-state index contributed by atoms with van der Waals surface area (Å²) in [5.41, 5.74) is 12.8. The minimum absolute atomic E-state index is 0.604. The van der Waals surface area contributed by atoms with E-state index in [1.54, 1.807) is 0 Å². The summed E-state index contributed by atoms with van der Waals surface area (Å²) >= 11 is 0. The van der Waals surface area contributed by atoms with Crippen molar-refractivity contribution in [2.24, 2.45) is 0 Å². The van der Waals surface area contributed by atoms with Crippen LogP contribution in [0.4, 0.5) is 0 Å². The molecule has 6 nitrogen and oxygen atoms in total. The highest BCUT2D eigenvalue weighted by atomic mass is 15.0. The maximum Gasteiger partial charge on any atom is 0.164 e. The van der Waals surface area contributed by atoms with Crippen molar-refractivity contribution in [2.75, 3.05) is 0 Å². The van der Waals surface area contributed by atoms with E-state index in [0.717, 1.165) is 82.8 Å². The van der Waals surface area contributed by atoms with Crippen LogP contribution in [0.2, 0.25) is 0 Å². The van der Waals surface area contributed by atoms with Gasteiger partial charge in [0.05, 0.1) is 33.3 Å². The van der Waals surface area contributed by atoms with Crippen molar-refractivity contribution in [1.82, 2.24) is 24.1 Å². The molecule has 0 fully saturated rings. The Kier molecular flexibility index (Phi) is 7.99. The molecule has 0 amide bonds. The van der Waals surface area contributed by atoms with Crippen LogP contribution in [0.25, 0.3) is 100 Å². The van der Waals surface area contributed by atoms with Gasteiger partial charge >= 0.3 is 0 Å². The predicted octanol–water partition coefficient (Wildman–Crippen LogP) is 12.9. The fraction of sp³-hybridized carbons (Fsp3) is 0.0189. The Hall–Kier alpha value is -8.14. The molecule has 0 N–H and O–H groups in total. The molecule has 0 aliphatic heterocycles. The minimum Gasteiger partial charge on any atom is -0.309 e. The number of aromatic nitrogens is 5. The topological polar surface area (TPSA) is 72.3 Å². The molecular formula is C53H34N6. The third kappa shape index (κ3) is 5.68. The Balaban J connectivity index is 1.10. The van der Waals surface area contributed by atoms with Gasteiger partial charge < -0.3 is 9.13 Å². The van der Waals surface area contributed by atoms with Gasteiger partial charge in [0.1, 0.15) is 6.07 Å². The largest absolute Gasteiger partial charge is 0.309 e. The number of aryl methyl sites for hydroxylation is 1. The van der Waals surface area contributed by atoms with E-state index >= 15 is 0 Å². The van der Waals surface area contributed by atoms with Crippen LogP contribution in [0.3, 0.4) is 0 Å². The Morgan fingerprint density at radius 3 is 1.41 bits per heavy atom. The number of benzene rings is 8. The lowest BCUT2D eigenvalue weighted by Crippen LogP contribution is -2.00. The average molecular weight is 755 g/mol. The molecular weight excluding hydrogens is 721 g/mol. The van der Waals surface area contributed by atoms with E-state index in [1.165, 1.54) is 5.56 Å². The number of nitrogens with zero attached hydrogens (tertiary/aromatic N) is 6. The number of rotatable bonds is 6. The number of fused-ring (bicyclic) bond motifs is 6. The summed E-state index contributed by atoms with van der Waals surface area (Å²) in [7, 11) is 0. The monoisotopic (exact) mass is 754 g/mol. The molecule has 8 aromatic carbocycles. The first-order valence-corrected chi connectivity index (χ1v) is 19.7. The highest BCUT2D eigenvalue weighted by molar-refractivity contribution is 6.12. The van der Waals surface area contributed by atoms with Gasteiger partial charge in [0, 0.05) is 43.9 Å². The molecule has 3 heterocycles. The lowest BCUT2D eigenvalue weighted by Gasteiger charge is -2.13. The summed E-state index contributed by atoms with van der Waals surface area (Å²) in [6, 6.07) is 67.3. The molecule has 6 heteroatoms. The molecule has 0 aliphatic carbocycles. The van der Waals surface area contributed by atoms with Crippen LogP contribution in [0.1, 0.15) is 11.1 Å². The normalized spacial score (nSPS) is 11.5. The lowest BCUT2D eigenvalue weighted by molar-refractivity contribution is 1.07. The highest BCUT2D eigenvalue weighted by Crippen LogP contribution is 2.39. The van der Waals surface area contributed by atoms with Crippen molar-refractivity contribution in [2.45, 2.75) is 6.92 Å². The molecule has 0 radical (unpaired) electrons. The van der Waals surface area contributed by atoms with E-state index in [4.69, 9.17) is 15.0 Å². The van der Waals surface area contributed by atoms with Crippen molar-refractivity contribution in [3.8, 4) is 62.7 Å². The van der Waals surface area contributed by atoms with E-state index in [2.05, 4.69) is 143 Å². The first-order chi connectivity index (χ1) is 29.1. The fourth-order valence-corrected chi connectivity index (χ4v) is 8.54. The van der Waals surface area contributed by atoms with Crippen LogP contribution in [0.15, 0.2) is 188 Å². The quantitative estimate of drug-likeness (QED) is 0.169. The maximum absolute atomic E-state index is 10.6. The van der Waals surface area contributed by atoms with Crippen LogP contribution in [0, 0.1) is 18.3 Å². The first kappa shape index (κ1) is 34.1. The Bertz CT molecular complexity index is 3350. The van der Waals surface area contributed by atoms with Crippen molar-refractivity contribution in [1.29, 1.82) is 5.26 Å². The number of para-hydroxylation sites is 3. The van der Waals surface area contributed by atoms with Crippen LogP contribution in [0.5, 0.6) is 0 Å². The number of hydrogen-bond acceptors (Lipinski definition) is 4. The summed E-state index contributed by atoms with van der Waals surface area (Å²) < 4.78 is 4.55. The molecule has 276 valence electrons. The average Bonchev–Trinajstić information content (AvgIpc) is 3.81. The van der Waals surface area contributed by atoms with Crippen molar-refractivity contribution < 1.29 is 0 Å². The van der Waals surface area contributed by atoms with Gasteiger partial charge in [0.15, 0.2) is 17.5 Å². The Morgan fingerprint density at radius 1 is 0.373 bits per heavy atom. The number of nitriles is 1. The second-order valence-electron chi connectivity index (χ2n) is 14.8. The van der Waals surface area contributed by atoms with Gasteiger partial charge in [-0.05, 0) is 84.3 Å². The zero-order chi connectivity index (χ0) is 39.5. The molecule has 0 unspecified atom stereocenters. The summed E-state index contributed by atoms with van der Waals surface area (Å²) in [4.78, 5) is 15.0. The molecule has 0 spiro atoms. The third-order valence-electron chi connectivity index (χ3n) is 11.4. The smallest absolute Gasteiger partial charge is 0.164 e. The van der Waals surface area contributed by atoms with E-state index in [0.29, 0.717) is 23.0 Å². The fourth-order valence-electron chi connectivity index (χ4n) is 8.54. The van der Waals surface area contributed by atoms with Crippen molar-refractivity contribution in [3.05, 3.63) is 199 Å². The Morgan fingerprint density at radius 2 is 0.814 bits per heavy atom. The van der Waals surface area contributed by atoms with Crippen molar-refractivity contribution in [3.63, 3.8) is 0 Å². The lowest BCUT2D eigenvalue weighted by atomic mass is 9.99. The van der Waals surface area contributed by atoms with Gasteiger partial charge in [0.2, 0.25) is 0 Å². The summed E-state index contributed by atoms with van der Waals surface area (Å²) in [6.45, 7) is 2.15. The van der Waals surface area contributed by atoms with E-state index < -0.39 is 0 Å². The van der Waals surface area contributed by atoms with Gasteiger partial charge in [-0.15, -0.1) is 0 Å². The molecule has 0 saturated heterocycles.